The number of ether oxygens (including phenoxy) is 1. The van der Waals surface area contributed by atoms with Gasteiger partial charge in [-0.05, 0) is 13.0 Å². The lowest BCUT2D eigenvalue weighted by Gasteiger charge is -2.02. The highest BCUT2D eigenvalue weighted by Gasteiger charge is 2.20. The lowest BCUT2D eigenvalue weighted by molar-refractivity contribution is 0.137. The zero-order chi connectivity index (χ0) is 6.69. The Morgan fingerprint density at radius 2 is 2.67 bits per heavy atom. The Bertz CT molecular complexity index is 116. The van der Waals surface area contributed by atoms with Crippen LogP contribution < -0.4 is 11.1 Å². The average Bonchev–Trinajstić information content (AvgIpc) is 2.17. The monoisotopic (exact) mass is 130 g/mol. The van der Waals surface area contributed by atoms with Crippen molar-refractivity contribution in [2.75, 3.05) is 13.1 Å². The summed E-state index contributed by atoms with van der Waals surface area (Å²) in [6.45, 7) is 1.18. The molecule has 1 aliphatic rings. The van der Waals surface area contributed by atoms with Crippen LogP contribution in [0.2, 0.25) is 0 Å². The molecule has 0 radical (unpaired) electrons. The molecule has 52 valence electrons. The van der Waals surface area contributed by atoms with Crippen molar-refractivity contribution in [3.05, 3.63) is 0 Å². The predicted octanol–water partition coefficient (Wildman–Crippen LogP) is -0.556. The van der Waals surface area contributed by atoms with Gasteiger partial charge in [0.05, 0.1) is 6.54 Å². The first-order chi connectivity index (χ1) is 4.33. The van der Waals surface area contributed by atoms with Crippen molar-refractivity contribution in [2.45, 2.75) is 12.5 Å². The molecule has 3 N–H and O–H groups in total. The van der Waals surface area contributed by atoms with E-state index in [1.54, 1.807) is 0 Å². The minimum atomic E-state index is -0.326. The Balaban J connectivity index is 2.22. The van der Waals surface area contributed by atoms with Crippen LogP contribution in [0, 0.1) is 0 Å². The van der Waals surface area contributed by atoms with E-state index in [9.17, 15) is 4.79 Å². The van der Waals surface area contributed by atoms with E-state index in [1.165, 1.54) is 0 Å². The second-order valence-corrected chi connectivity index (χ2v) is 1.99. The number of amides is 1. The number of nitrogens with two attached hydrogens (primary N) is 1. The van der Waals surface area contributed by atoms with Crippen molar-refractivity contribution in [1.82, 2.24) is 5.32 Å². The summed E-state index contributed by atoms with van der Waals surface area (Å²) in [5, 5.41) is 2.54. The van der Waals surface area contributed by atoms with Gasteiger partial charge in [0.1, 0.15) is 6.10 Å². The summed E-state index contributed by atoms with van der Waals surface area (Å²) in [4.78, 5) is 10.4. The van der Waals surface area contributed by atoms with Gasteiger partial charge in [-0.3, -0.25) is 0 Å². The van der Waals surface area contributed by atoms with E-state index in [2.05, 4.69) is 5.32 Å². The molecule has 0 bridgehead atoms. The molecule has 9 heavy (non-hydrogen) atoms. The molecule has 0 aromatic heterocycles. The van der Waals surface area contributed by atoms with Gasteiger partial charge >= 0.3 is 6.09 Å². The molecule has 1 fully saturated rings. The first-order valence-electron chi connectivity index (χ1n) is 2.97. The van der Waals surface area contributed by atoms with Crippen molar-refractivity contribution < 1.29 is 9.53 Å². The number of alkyl carbamates (subject to hydrolysis) is 1. The number of carbonyl (C=O) groups is 1. The third kappa shape index (κ3) is 1.57. The van der Waals surface area contributed by atoms with Gasteiger partial charge in [0.25, 0.3) is 0 Å². The van der Waals surface area contributed by atoms with E-state index in [4.69, 9.17) is 10.5 Å². The lowest BCUT2D eigenvalue weighted by atomic mass is 10.3. The number of cyclic esters (lactones) is 1. The van der Waals surface area contributed by atoms with E-state index in [0.29, 0.717) is 13.1 Å². The molecule has 4 nitrogen and oxygen atoms in total. The molecular weight excluding hydrogens is 120 g/mol. The Hall–Kier alpha value is -0.770. The molecule has 1 aliphatic heterocycles. The van der Waals surface area contributed by atoms with Gasteiger partial charge in [0.2, 0.25) is 0 Å². The maximum absolute atomic E-state index is 10.4. The fourth-order valence-electron chi connectivity index (χ4n) is 0.779. The van der Waals surface area contributed by atoms with E-state index in [0.717, 1.165) is 6.42 Å². The fraction of sp³-hybridized carbons (Fsp3) is 0.800. The first kappa shape index (κ1) is 6.35. The van der Waals surface area contributed by atoms with Crippen molar-refractivity contribution in [3.8, 4) is 0 Å². The normalized spacial score (nSPS) is 25.4. The van der Waals surface area contributed by atoms with Crippen LogP contribution in [0.3, 0.4) is 0 Å². The summed E-state index contributed by atoms with van der Waals surface area (Å²) in [5.74, 6) is 0. The Labute approximate surface area is 53.4 Å². The van der Waals surface area contributed by atoms with Gasteiger partial charge in [-0.2, -0.15) is 0 Å². The molecule has 1 saturated heterocycles. The largest absolute Gasteiger partial charge is 0.444 e. The number of rotatable bonds is 2. The van der Waals surface area contributed by atoms with Crippen LogP contribution in [0.15, 0.2) is 0 Å². The number of nitrogens with one attached hydrogen (secondary N) is 1. The van der Waals surface area contributed by atoms with Crippen LogP contribution in [-0.2, 0) is 4.74 Å². The second-order valence-electron chi connectivity index (χ2n) is 1.99. The Morgan fingerprint density at radius 3 is 3.11 bits per heavy atom. The minimum Gasteiger partial charge on any atom is -0.444 e. The van der Waals surface area contributed by atoms with E-state index >= 15 is 0 Å². The van der Waals surface area contributed by atoms with E-state index in [1.807, 2.05) is 0 Å². The highest BCUT2D eigenvalue weighted by Crippen LogP contribution is 2.02. The summed E-state index contributed by atoms with van der Waals surface area (Å²) >= 11 is 0. The zero-order valence-electron chi connectivity index (χ0n) is 5.09. The quantitative estimate of drug-likeness (QED) is 0.526. The van der Waals surface area contributed by atoms with Crippen LogP contribution in [0.4, 0.5) is 4.79 Å². The highest BCUT2D eigenvalue weighted by molar-refractivity contribution is 5.69. The van der Waals surface area contributed by atoms with Crippen molar-refractivity contribution >= 4 is 6.09 Å². The Kier molecular flexibility index (Phi) is 1.89. The molecular formula is C5H10N2O2. The van der Waals surface area contributed by atoms with Gasteiger partial charge in [-0.15, -0.1) is 0 Å². The fourth-order valence-corrected chi connectivity index (χ4v) is 0.779. The maximum Gasteiger partial charge on any atom is 0.407 e. The molecule has 0 aliphatic carbocycles. The molecule has 0 spiro atoms. The smallest absolute Gasteiger partial charge is 0.407 e. The first-order valence-corrected chi connectivity index (χ1v) is 2.97. The van der Waals surface area contributed by atoms with Crippen molar-refractivity contribution in [2.24, 2.45) is 5.73 Å². The van der Waals surface area contributed by atoms with Gasteiger partial charge in [-0.1, -0.05) is 0 Å². The zero-order valence-corrected chi connectivity index (χ0v) is 5.09. The van der Waals surface area contributed by atoms with E-state index < -0.39 is 0 Å². The van der Waals surface area contributed by atoms with E-state index in [-0.39, 0.29) is 12.2 Å². The van der Waals surface area contributed by atoms with Gasteiger partial charge in [0.15, 0.2) is 0 Å². The lowest BCUT2D eigenvalue weighted by Crippen LogP contribution is -2.17. The van der Waals surface area contributed by atoms with Crippen molar-refractivity contribution in [3.63, 3.8) is 0 Å². The van der Waals surface area contributed by atoms with Crippen LogP contribution >= 0.6 is 0 Å². The molecule has 1 heterocycles. The van der Waals surface area contributed by atoms with Crippen LogP contribution in [0.1, 0.15) is 6.42 Å². The summed E-state index contributed by atoms with van der Waals surface area (Å²) in [7, 11) is 0. The number of hydrogen-bond donors (Lipinski definition) is 2. The number of hydrogen-bond acceptors (Lipinski definition) is 3. The van der Waals surface area contributed by atoms with Gasteiger partial charge in [-0.25, -0.2) is 4.79 Å². The standard InChI is InChI=1S/C5H10N2O2/c6-2-1-4-3-7-5(8)9-4/h4H,1-3,6H2,(H,7,8). The molecule has 1 unspecified atom stereocenters. The third-order valence-corrected chi connectivity index (χ3v) is 1.24. The predicted molar refractivity (Wildman–Crippen MR) is 31.9 cm³/mol. The summed E-state index contributed by atoms with van der Waals surface area (Å²) in [6.07, 6.45) is 0.426. The molecule has 0 aromatic rings. The molecule has 0 aromatic carbocycles. The third-order valence-electron chi connectivity index (χ3n) is 1.24. The topological polar surface area (TPSA) is 64.3 Å². The molecule has 0 saturated carbocycles. The van der Waals surface area contributed by atoms with Gasteiger partial charge in [0, 0.05) is 0 Å². The summed E-state index contributed by atoms with van der Waals surface area (Å²) < 4.78 is 4.77. The number of carbonyl (C=O) groups excluding carboxylic acids is 1. The van der Waals surface area contributed by atoms with Gasteiger partial charge < -0.3 is 15.8 Å². The highest BCUT2D eigenvalue weighted by atomic mass is 16.6. The summed E-state index contributed by atoms with van der Waals surface area (Å²) in [6, 6.07) is 0. The molecule has 1 atom stereocenters. The average molecular weight is 130 g/mol. The van der Waals surface area contributed by atoms with Crippen LogP contribution in [-0.4, -0.2) is 25.3 Å². The van der Waals surface area contributed by atoms with Crippen LogP contribution in [0.25, 0.3) is 0 Å². The summed E-state index contributed by atoms with van der Waals surface area (Å²) in [5.41, 5.74) is 5.23. The van der Waals surface area contributed by atoms with Crippen molar-refractivity contribution in [1.29, 1.82) is 0 Å². The Morgan fingerprint density at radius 1 is 1.89 bits per heavy atom. The molecule has 4 heteroatoms. The SMILES string of the molecule is NCCC1CNC(=O)O1. The molecule has 1 amide bonds. The van der Waals surface area contributed by atoms with Crippen LogP contribution in [0.5, 0.6) is 0 Å². The maximum atomic E-state index is 10.4. The minimum absolute atomic E-state index is 0.00231. The second kappa shape index (κ2) is 2.68. The molecule has 1 rings (SSSR count).